The van der Waals surface area contributed by atoms with Gasteiger partial charge in [-0.2, -0.15) is 12.6 Å². The third-order valence-electron chi connectivity index (χ3n) is 0.619. The number of nitrogens with one attached hydrogen (secondary N) is 1. The zero-order valence-corrected chi connectivity index (χ0v) is 6.13. The zero-order valence-electron chi connectivity index (χ0n) is 8.24. The number of aliphatic carboxylic acids is 1. The molecule has 0 aliphatic carbocycles. The summed E-state index contributed by atoms with van der Waals surface area (Å²) in [6.45, 7) is 0.940. The van der Waals surface area contributed by atoms with Crippen molar-refractivity contribution in [2.45, 2.75) is 12.9 Å². The lowest BCUT2D eigenvalue weighted by Crippen LogP contribution is -2.40. The second kappa shape index (κ2) is 4.16. The minimum atomic E-state index is -2.67. The summed E-state index contributed by atoms with van der Waals surface area (Å²) in [6.07, 6.45) is 0. The zero-order chi connectivity index (χ0) is 10.8. The standard InChI is InChI=1S/C5H9NO3S/c1-3(7)6-4(2-10)5(8)9/h4,10H,2H2,1H3,(H,6,7)(H,8,9)/t4-/m0/s1/i2D,4D/hD/t2?,4-. The fraction of sp³-hybridized carbons (Fsp3) is 0.600. The highest BCUT2D eigenvalue weighted by Crippen LogP contribution is 1.86. The summed E-state index contributed by atoms with van der Waals surface area (Å²) in [5.41, 5.74) is -1.70. The molecule has 0 aliphatic heterocycles. The van der Waals surface area contributed by atoms with Gasteiger partial charge in [-0.3, -0.25) is 4.79 Å². The maximum atomic E-state index is 10.6. The van der Waals surface area contributed by atoms with Crippen LogP contribution in [0, 0.1) is 0 Å². The minimum absolute atomic E-state index is 0.0833. The SMILES string of the molecule is [2H]C(S)[C@@]([2H])(C(=O)O)N([2H])C(C)=O. The molecule has 0 aromatic carbocycles. The van der Waals surface area contributed by atoms with Crippen molar-refractivity contribution in [2.24, 2.45) is 0 Å². The molecule has 0 bridgehead atoms. The number of amides is 1. The fourth-order valence-corrected chi connectivity index (χ4v) is 0.470. The van der Waals surface area contributed by atoms with E-state index in [1.54, 1.807) is 0 Å². The molecule has 2 atom stereocenters. The van der Waals surface area contributed by atoms with Crippen LogP contribution in [0.5, 0.6) is 0 Å². The van der Waals surface area contributed by atoms with Gasteiger partial charge < -0.3 is 10.4 Å². The summed E-state index contributed by atoms with van der Waals surface area (Å²) in [7, 11) is 0. The van der Waals surface area contributed by atoms with Crippen molar-refractivity contribution in [3.8, 4) is 0 Å². The van der Waals surface area contributed by atoms with Crippen LogP contribution in [0.25, 0.3) is 0 Å². The molecule has 0 aromatic rings. The maximum Gasteiger partial charge on any atom is 0.327 e. The van der Waals surface area contributed by atoms with E-state index in [1.165, 1.54) is 0 Å². The maximum absolute atomic E-state index is 10.6. The molecule has 0 saturated carbocycles. The lowest BCUT2D eigenvalue weighted by atomic mass is 10.3. The number of hydrogen-bond acceptors (Lipinski definition) is 3. The van der Waals surface area contributed by atoms with Gasteiger partial charge in [0.15, 0.2) is 1.41 Å². The Morgan fingerprint density at radius 1 is 2.10 bits per heavy atom. The molecular formula is C5H9NO3S. The predicted octanol–water partition coefficient (Wildman–Crippen LogP) is -0.494. The first kappa shape index (κ1) is 5.01. The number of carboxylic acids is 1. The molecule has 0 heterocycles. The third kappa shape index (κ3) is 3.34. The van der Waals surface area contributed by atoms with Crippen LogP contribution in [0.1, 0.15) is 9.67 Å². The van der Waals surface area contributed by atoms with Gasteiger partial charge in [-0.1, -0.05) is 0 Å². The van der Waals surface area contributed by atoms with Crippen molar-refractivity contribution in [1.82, 2.24) is 5.31 Å². The van der Waals surface area contributed by atoms with E-state index in [1.807, 2.05) is 0 Å². The van der Waals surface area contributed by atoms with E-state index in [2.05, 4.69) is 12.6 Å². The highest BCUT2D eigenvalue weighted by atomic mass is 32.1. The molecule has 10 heavy (non-hydrogen) atoms. The van der Waals surface area contributed by atoms with Crippen LogP contribution >= 0.6 is 12.6 Å². The summed E-state index contributed by atoms with van der Waals surface area (Å²) < 4.78 is 21.2. The molecule has 4 nitrogen and oxygen atoms in total. The Kier molecular flexibility index (Phi) is 2.08. The molecule has 0 rings (SSSR count). The number of rotatable bonds is 3. The van der Waals surface area contributed by atoms with Gasteiger partial charge in [-0.15, -0.1) is 0 Å². The van der Waals surface area contributed by atoms with E-state index < -0.39 is 23.6 Å². The van der Waals surface area contributed by atoms with Crippen LogP contribution in [-0.2, 0) is 9.59 Å². The Hall–Kier alpha value is -0.710. The van der Waals surface area contributed by atoms with E-state index in [4.69, 9.17) is 9.26 Å². The van der Waals surface area contributed by atoms with Gasteiger partial charge >= 0.3 is 5.97 Å². The number of carboxylic acid groups (broad SMARTS) is 1. The second-order valence-corrected chi connectivity index (χ2v) is 1.71. The number of thiol groups is 1. The number of carbonyl (C=O) groups excluding carboxylic acids is 1. The van der Waals surface area contributed by atoms with Gasteiger partial charge in [0.25, 0.3) is 0 Å². The summed E-state index contributed by atoms with van der Waals surface area (Å²) >= 11 is 3.44. The first-order valence-corrected chi connectivity index (χ1v) is 2.89. The van der Waals surface area contributed by atoms with E-state index >= 15 is 0 Å². The Balaban J connectivity index is 5.01. The number of hydrogen-bond donors (Lipinski definition) is 3. The molecule has 0 aliphatic rings. The van der Waals surface area contributed by atoms with Crippen molar-refractivity contribution >= 4 is 24.5 Å². The van der Waals surface area contributed by atoms with E-state index in [0.29, 0.717) is 0 Å². The minimum Gasteiger partial charge on any atom is -0.480 e. The fourth-order valence-electron chi connectivity index (χ4n) is 0.302. The lowest BCUT2D eigenvalue weighted by Gasteiger charge is -2.08. The smallest absolute Gasteiger partial charge is 0.327 e. The Labute approximate surface area is 68.3 Å². The van der Waals surface area contributed by atoms with Crippen LogP contribution in [0.2, 0.25) is 1.41 Å². The largest absolute Gasteiger partial charge is 0.480 e. The monoisotopic (exact) mass is 166 g/mol. The van der Waals surface area contributed by atoms with Gasteiger partial charge in [0.2, 0.25) is 5.91 Å². The molecule has 0 spiro atoms. The molecule has 0 aromatic heterocycles. The summed E-state index contributed by atoms with van der Waals surface area (Å²) in [6, 6.07) is -2.67. The lowest BCUT2D eigenvalue weighted by molar-refractivity contribution is -0.140. The molecule has 0 fully saturated rings. The van der Waals surface area contributed by atoms with Crippen LogP contribution < -0.4 is 5.31 Å². The van der Waals surface area contributed by atoms with Gasteiger partial charge in [0.1, 0.15) is 6.02 Å². The Bertz CT molecular complexity index is 237. The highest BCUT2D eigenvalue weighted by molar-refractivity contribution is 7.80. The van der Waals surface area contributed by atoms with Crippen LogP contribution in [0.4, 0.5) is 0 Å². The normalized spacial score (nSPS) is 22.8. The molecular weight excluding hydrogens is 154 g/mol. The van der Waals surface area contributed by atoms with Gasteiger partial charge in [0, 0.05) is 14.0 Å². The van der Waals surface area contributed by atoms with Gasteiger partial charge in [-0.05, 0) is 0 Å². The third-order valence-corrected chi connectivity index (χ3v) is 0.864. The van der Waals surface area contributed by atoms with E-state index in [-0.39, 0.29) is 5.31 Å². The molecule has 1 unspecified atom stereocenters. The quantitative estimate of drug-likeness (QED) is 0.495. The predicted molar refractivity (Wildman–Crippen MR) is 39.1 cm³/mol. The molecule has 1 amide bonds. The van der Waals surface area contributed by atoms with Crippen LogP contribution in [-0.4, -0.2) is 28.7 Å². The average molecular weight is 166 g/mol. The second-order valence-electron chi connectivity index (χ2n) is 1.45. The first-order valence-electron chi connectivity index (χ1n) is 3.90. The van der Waals surface area contributed by atoms with E-state index in [9.17, 15) is 9.59 Å². The Morgan fingerprint density at radius 3 is 2.70 bits per heavy atom. The topological polar surface area (TPSA) is 66.4 Å². The molecule has 2 N–H and O–H groups in total. The van der Waals surface area contributed by atoms with Crippen molar-refractivity contribution in [3.05, 3.63) is 0 Å². The van der Waals surface area contributed by atoms with Crippen LogP contribution in [0.15, 0.2) is 0 Å². The van der Waals surface area contributed by atoms with E-state index in [0.717, 1.165) is 6.92 Å². The first-order chi connectivity index (χ1) is 5.74. The van der Waals surface area contributed by atoms with Gasteiger partial charge in [0.05, 0.1) is 1.37 Å². The van der Waals surface area contributed by atoms with Crippen molar-refractivity contribution in [1.29, 1.82) is 0 Å². The average Bonchev–Trinajstić information content (AvgIpc) is 2.00. The Morgan fingerprint density at radius 2 is 2.60 bits per heavy atom. The van der Waals surface area contributed by atoms with Crippen molar-refractivity contribution in [2.75, 3.05) is 5.73 Å². The van der Waals surface area contributed by atoms with Crippen molar-refractivity contribution < 1.29 is 18.8 Å². The molecule has 0 radical (unpaired) electrons. The van der Waals surface area contributed by atoms with Crippen LogP contribution in [0.3, 0.4) is 0 Å². The number of carbonyl (C=O) groups is 2. The molecule has 58 valence electrons. The highest BCUT2D eigenvalue weighted by Gasteiger charge is 2.14. The molecule has 0 saturated heterocycles. The van der Waals surface area contributed by atoms with Gasteiger partial charge in [-0.25, -0.2) is 4.79 Å². The summed E-state index contributed by atoms with van der Waals surface area (Å²) in [5, 5.41) is 8.47. The molecule has 5 heteroatoms. The summed E-state index contributed by atoms with van der Waals surface area (Å²) in [4.78, 5) is 21.2. The summed E-state index contributed by atoms with van der Waals surface area (Å²) in [5.74, 6) is -2.68. The van der Waals surface area contributed by atoms with Crippen molar-refractivity contribution in [3.63, 3.8) is 0 Å².